The molecule has 1 heterocycles. The van der Waals surface area contributed by atoms with Crippen LogP contribution in [0.5, 0.6) is 0 Å². The Hall–Kier alpha value is -2.57. The molecular weight excluding hydrogens is 374 g/mol. The van der Waals surface area contributed by atoms with E-state index in [-0.39, 0.29) is 13.0 Å². The minimum absolute atomic E-state index is 0.0376. The molecule has 0 saturated carbocycles. The molecule has 1 aromatic rings. The van der Waals surface area contributed by atoms with Crippen molar-refractivity contribution in [3.05, 3.63) is 29.8 Å². The Morgan fingerprint density at radius 1 is 1.41 bits per heavy atom. The van der Waals surface area contributed by atoms with Crippen molar-refractivity contribution in [1.29, 1.82) is 0 Å². The zero-order valence-corrected chi connectivity index (χ0v) is 16.0. The van der Waals surface area contributed by atoms with Crippen molar-refractivity contribution in [2.24, 2.45) is 0 Å². The number of rotatable bonds is 5. The van der Waals surface area contributed by atoms with Crippen LogP contribution in [0.15, 0.2) is 24.3 Å². The molecule has 1 amide bonds. The minimum Gasteiger partial charge on any atom is -0.480 e. The van der Waals surface area contributed by atoms with Crippen molar-refractivity contribution in [3.63, 3.8) is 0 Å². The van der Waals surface area contributed by atoms with E-state index < -0.39 is 38.9 Å². The van der Waals surface area contributed by atoms with Gasteiger partial charge < -0.3 is 14.9 Å². The van der Waals surface area contributed by atoms with E-state index in [9.17, 15) is 23.1 Å². The third kappa shape index (κ3) is 4.59. The van der Waals surface area contributed by atoms with Gasteiger partial charge in [0.1, 0.15) is 12.2 Å². The van der Waals surface area contributed by atoms with Gasteiger partial charge in [-0.3, -0.25) is 9.69 Å². The molecule has 1 aliphatic heterocycles. The van der Waals surface area contributed by atoms with Crippen LogP contribution in [0.4, 0.5) is 10.5 Å². The minimum atomic E-state index is -3.91. The topological polar surface area (TPSA) is 121 Å². The summed E-state index contributed by atoms with van der Waals surface area (Å²) in [6.07, 6.45) is -1.80. The summed E-state index contributed by atoms with van der Waals surface area (Å²) in [6, 6.07) is 6.62. The standard InChI is InChI=1S/C18H21NO7S/c1-12(20)4-5-13-6-8-14(9-7-13)19-11-15(26-17(19)23)10-18(2,16(21)22)27(3,24)25/h6-9,12,15,20H,10-11H2,1-3H3,(H,21,22). The third-order valence-corrected chi connectivity index (χ3v) is 6.34. The number of benzene rings is 1. The average Bonchev–Trinajstić information content (AvgIpc) is 2.92. The second kappa shape index (κ2) is 7.58. The Morgan fingerprint density at radius 2 is 2.00 bits per heavy atom. The number of hydrogen-bond acceptors (Lipinski definition) is 6. The van der Waals surface area contributed by atoms with Crippen LogP contribution in [-0.4, -0.2) is 60.4 Å². The predicted molar refractivity (Wildman–Crippen MR) is 98.1 cm³/mol. The highest BCUT2D eigenvalue weighted by molar-refractivity contribution is 7.92. The number of aliphatic carboxylic acids is 1. The zero-order chi connectivity index (χ0) is 20.4. The van der Waals surface area contributed by atoms with E-state index in [0.29, 0.717) is 11.3 Å². The van der Waals surface area contributed by atoms with Gasteiger partial charge in [-0.05, 0) is 38.1 Å². The number of aliphatic hydroxyl groups excluding tert-OH is 1. The predicted octanol–water partition coefficient (Wildman–Crippen LogP) is 1.02. The summed E-state index contributed by atoms with van der Waals surface area (Å²) in [5, 5.41) is 18.5. The number of carbonyl (C=O) groups is 2. The molecule has 2 N–H and O–H groups in total. The SMILES string of the molecule is CC(O)C#Cc1ccc(N2CC(CC(C)(C(=O)O)S(C)(=O)=O)OC2=O)cc1. The van der Waals surface area contributed by atoms with Crippen molar-refractivity contribution in [2.75, 3.05) is 17.7 Å². The number of anilines is 1. The second-order valence-electron chi connectivity index (χ2n) is 6.62. The summed E-state index contributed by atoms with van der Waals surface area (Å²) in [6.45, 7) is 2.69. The maximum atomic E-state index is 12.1. The van der Waals surface area contributed by atoms with Crippen molar-refractivity contribution in [2.45, 2.75) is 37.2 Å². The van der Waals surface area contributed by atoms with Crippen LogP contribution < -0.4 is 4.90 Å². The number of carboxylic acids is 1. The third-order valence-electron chi connectivity index (χ3n) is 4.37. The summed E-state index contributed by atoms with van der Waals surface area (Å²) in [4.78, 5) is 24.9. The number of nitrogens with zero attached hydrogens (tertiary/aromatic N) is 1. The summed E-state index contributed by atoms with van der Waals surface area (Å²) in [7, 11) is -3.91. The number of ether oxygens (including phenoxy) is 1. The molecule has 146 valence electrons. The number of amides is 1. The van der Waals surface area contributed by atoms with Crippen LogP contribution >= 0.6 is 0 Å². The van der Waals surface area contributed by atoms with Crippen LogP contribution in [0.3, 0.4) is 0 Å². The number of cyclic esters (lactones) is 1. The summed E-state index contributed by atoms with van der Waals surface area (Å²) in [5.74, 6) is 3.89. The monoisotopic (exact) mass is 395 g/mol. The van der Waals surface area contributed by atoms with Crippen molar-refractivity contribution >= 4 is 27.6 Å². The van der Waals surface area contributed by atoms with E-state index >= 15 is 0 Å². The van der Waals surface area contributed by atoms with Gasteiger partial charge in [0.2, 0.25) is 0 Å². The second-order valence-corrected chi connectivity index (χ2v) is 9.07. The van der Waals surface area contributed by atoms with Gasteiger partial charge in [-0.2, -0.15) is 0 Å². The fraction of sp³-hybridized carbons (Fsp3) is 0.444. The lowest BCUT2D eigenvalue weighted by Crippen LogP contribution is -2.46. The van der Waals surface area contributed by atoms with Crippen LogP contribution in [-0.2, 0) is 19.4 Å². The first-order valence-electron chi connectivity index (χ1n) is 8.15. The Kier molecular flexibility index (Phi) is 5.82. The highest BCUT2D eigenvalue weighted by Crippen LogP contribution is 2.30. The fourth-order valence-corrected chi connectivity index (χ4v) is 3.39. The van der Waals surface area contributed by atoms with Gasteiger partial charge in [0.05, 0.1) is 6.54 Å². The highest BCUT2D eigenvalue weighted by Gasteiger charge is 2.48. The van der Waals surface area contributed by atoms with Crippen LogP contribution in [0.1, 0.15) is 25.8 Å². The number of carbonyl (C=O) groups excluding carboxylic acids is 1. The Morgan fingerprint density at radius 3 is 2.48 bits per heavy atom. The molecule has 0 bridgehead atoms. The Labute approximate surface area is 157 Å². The van der Waals surface area contributed by atoms with Gasteiger partial charge in [-0.1, -0.05) is 11.8 Å². The molecule has 3 unspecified atom stereocenters. The molecule has 9 heteroatoms. The van der Waals surface area contributed by atoms with E-state index in [1.165, 1.54) is 4.90 Å². The number of aliphatic hydroxyl groups is 1. The average molecular weight is 395 g/mol. The molecule has 1 fully saturated rings. The van der Waals surface area contributed by atoms with Gasteiger partial charge in [-0.15, -0.1) is 0 Å². The van der Waals surface area contributed by atoms with Gasteiger partial charge in [0.15, 0.2) is 14.6 Å². The molecule has 27 heavy (non-hydrogen) atoms. The molecule has 1 saturated heterocycles. The molecule has 1 aliphatic rings. The first-order chi connectivity index (χ1) is 12.4. The zero-order valence-electron chi connectivity index (χ0n) is 15.2. The molecular formula is C18H21NO7S. The van der Waals surface area contributed by atoms with Crippen molar-refractivity contribution in [3.8, 4) is 11.8 Å². The van der Waals surface area contributed by atoms with E-state index in [1.807, 2.05) is 0 Å². The maximum Gasteiger partial charge on any atom is 0.414 e. The largest absolute Gasteiger partial charge is 0.480 e. The fourth-order valence-electron chi connectivity index (χ4n) is 2.58. The molecule has 3 atom stereocenters. The molecule has 2 rings (SSSR count). The molecule has 0 aliphatic carbocycles. The number of carboxylic acid groups (broad SMARTS) is 1. The smallest absolute Gasteiger partial charge is 0.414 e. The van der Waals surface area contributed by atoms with E-state index in [0.717, 1.165) is 13.2 Å². The van der Waals surface area contributed by atoms with Gasteiger partial charge >= 0.3 is 12.1 Å². The lowest BCUT2D eigenvalue weighted by atomic mass is 10.0. The van der Waals surface area contributed by atoms with E-state index in [1.54, 1.807) is 31.2 Å². The number of hydrogen-bond donors (Lipinski definition) is 2. The molecule has 0 spiro atoms. The molecule has 1 aromatic carbocycles. The maximum absolute atomic E-state index is 12.1. The summed E-state index contributed by atoms with van der Waals surface area (Å²) >= 11 is 0. The quantitative estimate of drug-likeness (QED) is 0.714. The van der Waals surface area contributed by atoms with Crippen molar-refractivity contribution in [1.82, 2.24) is 0 Å². The molecule has 8 nitrogen and oxygen atoms in total. The molecule has 0 radical (unpaired) electrons. The van der Waals surface area contributed by atoms with Crippen LogP contribution in [0.25, 0.3) is 0 Å². The van der Waals surface area contributed by atoms with Crippen molar-refractivity contribution < 1.29 is 33.0 Å². The lowest BCUT2D eigenvalue weighted by Gasteiger charge is -2.24. The van der Waals surface area contributed by atoms with Gasteiger partial charge in [0, 0.05) is 23.9 Å². The van der Waals surface area contributed by atoms with Crippen LogP contribution in [0.2, 0.25) is 0 Å². The normalized spacial score (nSPS) is 20.2. The lowest BCUT2D eigenvalue weighted by molar-refractivity contribution is -0.140. The Balaban J connectivity index is 2.16. The summed E-state index contributed by atoms with van der Waals surface area (Å²) in [5.41, 5.74) is 1.17. The Bertz CT molecular complexity index is 896. The van der Waals surface area contributed by atoms with E-state index in [2.05, 4.69) is 11.8 Å². The van der Waals surface area contributed by atoms with Crippen LogP contribution in [0, 0.1) is 11.8 Å². The first kappa shape index (κ1) is 20.7. The highest BCUT2D eigenvalue weighted by atomic mass is 32.2. The van der Waals surface area contributed by atoms with Gasteiger partial charge in [-0.25, -0.2) is 13.2 Å². The summed E-state index contributed by atoms with van der Waals surface area (Å²) < 4.78 is 26.9. The van der Waals surface area contributed by atoms with Gasteiger partial charge in [0.25, 0.3) is 0 Å². The molecule has 0 aromatic heterocycles. The van der Waals surface area contributed by atoms with E-state index in [4.69, 9.17) is 9.84 Å². The number of sulfone groups is 1. The first-order valence-corrected chi connectivity index (χ1v) is 10.0.